The molecule has 1 aromatic heterocycles. The van der Waals surface area contributed by atoms with Gasteiger partial charge in [0.25, 0.3) is 6.43 Å². The predicted molar refractivity (Wildman–Crippen MR) is 56.5 cm³/mol. The summed E-state index contributed by atoms with van der Waals surface area (Å²) in [7, 11) is 0. The van der Waals surface area contributed by atoms with Crippen LogP contribution in [0.25, 0.3) is 0 Å². The van der Waals surface area contributed by atoms with Gasteiger partial charge in [-0.05, 0) is 34.2 Å². The summed E-state index contributed by atoms with van der Waals surface area (Å²) in [5.41, 5.74) is -2.13. The molecule has 0 N–H and O–H groups in total. The fourth-order valence-electron chi connectivity index (χ4n) is 1.10. The third kappa shape index (κ3) is 2.93. The lowest BCUT2D eigenvalue weighted by molar-refractivity contribution is -0.139. The standard InChI is InChI=1S/C8H4ClF5IN/c9-2-3-1-4(6(10)11)16-7(15)5(3)8(12,13)14/h1,6H,2H2. The zero-order chi connectivity index (χ0) is 12.5. The molecule has 0 amide bonds. The van der Waals surface area contributed by atoms with Crippen LogP contribution in [0, 0.1) is 3.70 Å². The molecular formula is C8H4ClF5IN. The van der Waals surface area contributed by atoms with E-state index in [1.807, 2.05) is 0 Å². The van der Waals surface area contributed by atoms with Gasteiger partial charge in [0, 0.05) is 5.88 Å². The molecule has 1 nitrogen and oxygen atoms in total. The van der Waals surface area contributed by atoms with Crippen LogP contribution in [0.3, 0.4) is 0 Å². The van der Waals surface area contributed by atoms with Gasteiger partial charge in [0.15, 0.2) is 0 Å². The van der Waals surface area contributed by atoms with Gasteiger partial charge in [0.05, 0.1) is 5.56 Å². The summed E-state index contributed by atoms with van der Waals surface area (Å²) >= 11 is 6.58. The largest absolute Gasteiger partial charge is 0.419 e. The second-order valence-electron chi connectivity index (χ2n) is 2.80. The summed E-state index contributed by atoms with van der Waals surface area (Å²) < 4.78 is 61.7. The molecule has 16 heavy (non-hydrogen) atoms. The topological polar surface area (TPSA) is 12.9 Å². The maximum atomic E-state index is 12.5. The first kappa shape index (κ1) is 13.9. The van der Waals surface area contributed by atoms with Gasteiger partial charge < -0.3 is 0 Å². The van der Waals surface area contributed by atoms with Gasteiger partial charge in [0.2, 0.25) is 0 Å². The van der Waals surface area contributed by atoms with E-state index in [-0.39, 0.29) is 5.56 Å². The Morgan fingerprint density at radius 3 is 2.31 bits per heavy atom. The Morgan fingerprint density at radius 1 is 1.38 bits per heavy atom. The van der Waals surface area contributed by atoms with Crippen LogP contribution < -0.4 is 0 Å². The van der Waals surface area contributed by atoms with Gasteiger partial charge in [-0.15, -0.1) is 11.6 Å². The molecule has 0 aliphatic heterocycles. The molecular weight excluding hydrogens is 367 g/mol. The first-order chi connectivity index (χ1) is 7.27. The normalized spacial score (nSPS) is 12.2. The Bertz CT molecular complexity index is 393. The quantitative estimate of drug-likeness (QED) is 0.325. The second kappa shape index (κ2) is 4.99. The van der Waals surface area contributed by atoms with Crippen LogP contribution in [0.1, 0.15) is 23.2 Å². The zero-order valence-corrected chi connectivity index (χ0v) is 10.4. The lowest BCUT2D eigenvalue weighted by Crippen LogP contribution is -2.14. The molecule has 0 unspecified atom stereocenters. The molecule has 0 atom stereocenters. The first-order valence-corrected chi connectivity index (χ1v) is 5.49. The molecule has 0 aliphatic rings. The van der Waals surface area contributed by atoms with Crippen molar-refractivity contribution in [1.29, 1.82) is 0 Å². The predicted octanol–water partition coefficient (Wildman–Crippen LogP) is 4.38. The van der Waals surface area contributed by atoms with E-state index < -0.39 is 33.4 Å². The third-order valence-electron chi connectivity index (χ3n) is 1.73. The van der Waals surface area contributed by atoms with Gasteiger partial charge in [-0.1, -0.05) is 0 Å². The van der Waals surface area contributed by atoms with Gasteiger partial charge >= 0.3 is 6.18 Å². The highest BCUT2D eigenvalue weighted by atomic mass is 127. The van der Waals surface area contributed by atoms with Crippen molar-refractivity contribution in [3.05, 3.63) is 26.6 Å². The van der Waals surface area contributed by atoms with Crippen molar-refractivity contribution < 1.29 is 22.0 Å². The number of rotatable bonds is 2. The summed E-state index contributed by atoms with van der Waals surface area (Å²) in [6.45, 7) is 0. The lowest BCUT2D eigenvalue weighted by Gasteiger charge is -2.14. The van der Waals surface area contributed by atoms with E-state index in [4.69, 9.17) is 11.6 Å². The smallest absolute Gasteiger partial charge is 0.240 e. The van der Waals surface area contributed by atoms with Crippen molar-refractivity contribution in [2.45, 2.75) is 18.5 Å². The highest BCUT2D eigenvalue weighted by Gasteiger charge is 2.37. The fraction of sp³-hybridized carbons (Fsp3) is 0.375. The van der Waals surface area contributed by atoms with Crippen molar-refractivity contribution in [1.82, 2.24) is 4.98 Å². The van der Waals surface area contributed by atoms with E-state index in [0.29, 0.717) is 6.07 Å². The van der Waals surface area contributed by atoms with Crippen molar-refractivity contribution in [2.24, 2.45) is 0 Å². The molecule has 1 rings (SSSR count). The number of pyridine rings is 1. The van der Waals surface area contributed by atoms with Crippen molar-refractivity contribution in [3.8, 4) is 0 Å². The van der Waals surface area contributed by atoms with E-state index in [0.717, 1.165) is 0 Å². The summed E-state index contributed by atoms with van der Waals surface area (Å²) in [4.78, 5) is 3.21. The molecule has 0 spiro atoms. The van der Waals surface area contributed by atoms with Crippen LogP contribution in [-0.2, 0) is 12.1 Å². The van der Waals surface area contributed by atoms with Gasteiger partial charge in [-0.3, -0.25) is 0 Å². The van der Waals surface area contributed by atoms with Crippen LogP contribution in [0.4, 0.5) is 22.0 Å². The molecule has 1 aromatic rings. The molecule has 0 aliphatic carbocycles. The summed E-state index contributed by atoms with van der Waals surface area (Å²) in [6.07, 6.45) is -7.56. The maximum absolute atomic E-state index is 12.5. The van der Waals surface area contributed by atoms with E-state index in [1.54, 1.807) is 0 Å². The van der Waals surface area contributed by atoms with Crippen molar-refractivity contribution in [3.63, 3.8) is 0 Å². The minimum atomic E-state index is -4.64. The second-order valence-corrected chi connectivity index (χ2v) is 4.09. The Kier molecular flexibility index (Phi) is 4.33. The number of nitrogens with zero attached hydrogens (tertiary/aromatic N) is 1. The van der Waals surface area contributed by atoms with E-state index in [2.05, 4.69) is 4.98 Å². The Labute approximate surface area is 106 Å². The molecule has 90 valence electrons. The molecule has 0 fully saturated rings. The molecule has 0 radical (unpaired) electrons. The van der Waals surface area contributed by atoms with E-state index in [1.165, 1.54) is 22.6 Å². The lowest BCUT2D eigenvalue weighted by atomic mass is 10.1. The maximum Gasteiger partial charge on any atom is 0.419 e. The Morgan fingerprint density at radius 2 is 1.94 bits per heavy atom. The van der Waals surface area contributed by atoms with Gasteiger partial charge in [0.1, 0.15) is 9.39 Å². The zero-order valence-electron chi connectivity index (χ0n) is 7.45. The minimum absolute atomic E-state index is 0.385. The average molecular weight is 371 g/mol. The molecule has 0 saturated heterocycles. The summed E-state index contributed by atoms with van der Waals surface area (Å²) in [5, 5.41) is 0. The highest BCUT2D eigenvalue weighted by molar-refractivity contribution is 14.1. The highest BCUT2D eigenvalue weighted by Crippen LogP contribution is 2.36. The van der Waals surface area contributed by atoms with Gasteiger partial charge in [-0.25, -0.2) is 13.8 Å². The Balaban J connectivity index is 3.41. The SMILES string of the molecule is FC(F)c1cc(CCl)c(C(F)(F)F)c(I)n1. The van der Waals surface area contributed by atoms with Crippen molar-refractivity contribution in [2.75, 3.05) is 0 Å². The number of halogens is 7. The Hall–Kier alpha value is -0.180. The van der Waals surface area contributed by atoms with Crippen LogP contribution in [0.5, 0.6) is 0 Å². The van der Waals surface area contributed by atoms with Gasteiger partial charge in [-0.2, -0.15) is 13.2 Å². The fourth-order valence-corrected chi connectivity index (χ4v) is 2.24. The number of hydrogen-bond acceptors (Lipinski definition) is 1. The molecule has 1 heterocycles. The van der Waals surface area contributed by atoms with Crippen LogP contribution in [0.15, 0.2) is 6.07 Å². The summed E-state index contributed by atoms with van der Waals surface area (Å²) in [5.74, 6) is -0.493. The molecule has 0 bridgehead atoms. The minimum Gasteiger partial charge on any atom is -0.240 e. The van der Waals surface area contributed by atoms with E-state index in [9.17, 15) is 22.0 Å². The van der Waals surface area contributed by atoms with Crippen LogP contribution >= 0.6 is 34.2 Å². The molecule has 0 aromatic carbocycles. The average Bonchev–Trinajstić information content (AvgIpc) is 2.14. The van der Waals surface area contributed by atoms with E-state index >= 15 is 0 Å². The number of aromatic nitrogens is 1. The molecule has 8 heteroatoms. The number of hydrogen-bond donors (Lipinski definition) is 0. The monoisotopic (exact) mass is 371 g/mol. The van der Waals surface area contributed by atoms with Crippen LogP contribution in [-0.4, -0.2) is 4.98 Å². The van der Waals surface area contributed by atoms with Crippen LogP contribution in [0.2, 0.25) is 0 Å². The summed E-state index contributed by atoms with van der Waals surface area (Å²) in [6, 6.07) is 0.683. The van der Waals surface area contributed by atoms with Crippen molar-refractivity contribution >= 4 is 34.2 Å². The number of alkyl halides is 6. The third-order valence-corrected chi connectivity index (χ3v) is 2.80. The first-order valence-electron chi connectivity index (χ1n) is 3.88. The molecule has 0 saturated carbocycles.